The molecule has 0 spiro atoms. The Morgan fingerprint density at radius 1 is 1.06 bits per heavy atom. The predicted octanol–water partition coefficient (Wildman–Crippen LogP) is 1.62. The van der Waals surface area contributed by atoms with Gasteiger partial charge in [0, 0.05) is 31.3 Å². The van der Waals surface area contributed by atoms with Gasteiger partial charge in [-0.15, -0.1) is 4.83 Å². The first-order valence-electron chi connectivity index (χ1n) is 9.56. The van der Waals surface area contributed by atoms with E-state index in [4.69, 9.17) is 0 Å². The maximum atomic E-state index is 12.6. The summed E-state index contributed by atoms with van der Waals surface area (Å²) < 4.78 is 25.1. The van der Waals surface area contributed by atoms with E-state index < -0.39 is 10.0 Å². The number of amides is 2. The first-order valence-corrected chi connectivity index (χ1v) is 11.0. The van der Waals surface area contributed by atoms with Gasteiger partial charge in [-0.25, -0.2) is 18.9 Å². The highest BCUT2D eigenvalue weighted by molar-refractivity contribution is 7.89. The first kappa shape index (κ1) is 22.3. The van der Waals surface area contributed by atoms with Crippen LogP contribution < -0.4 is 15.6 Å². The third-order valence-electron chi connectivity index (χ3n) is 4.41. The molecule has 3 rings (SSSR count). The molecule has 0 saturated carbocycles. The maximum absolute atomic E-state index is 12.6. The van der Waals surface area contributed by atoms with Crippen LogP contribution in [0.4, 0.5) is 5.69 Å². The summed E-state index contributed by atoms with van der Waals surface area (Å²) in [5, 5.41) is 8.04. The van der Waals surface area contributed by atoms with Gasteiger partial charge in [-0.05, 0) is 36.2 Å². The maximum Gasteiger partial charge on any atom is 0.267 e. The van der Waals surface area contributed by atoms with Crippen LogP contribution in [0.2, 0.25) is 0 Å². The van der Waals surface area contributed by atoms with Gasteiger partial charge >= 0.3 is 0 Å². The lowest BCUT2D eigenvalue weighted by molar-refractivity contribution is -0.117. The molecule has 2 aromatic carbocycles. The lowest BCUT2D eigenvalue weighted by Gasteiger charge is -2.25. The minimum absolute atomic E-state index is 0.0735. The molecular weight excluding hydrogens is 418 g/mol. The summed E-state index contributed by atoms with van der Waals surface area (Å²) in [6.07, 6.45) is 3.59. The van der Waals surface area contributed by atoms with Gasteiger partial charge < -0.3 is 5.32 Å². The monoisotopic (exact) mass is 441 g/mol. The molecule has 0 fully saturated rings. The van der Waals surface area contributed by atoms with Gasteiger partial charge in [0.05, 0.1) is 11.1 Å². The van der Waals surface area contributed by atoms with Crippen LogP contribution in [0.3, 0.4) is 0 Å². The highest BCUT2D eigenvalue weighted by Crippen LogP contribution is 2.16. The Balaban J connectivity index is 1.53. The van der Waals surface area contributed by atoms with Gasteiger partial charge in [0.25, 0.3) is 15.9 Å². The number of anilines is 1. The molecule has 0 aliphatic carbocycles. The second kappa shape index (κ2) is 10.1. The Morgan fingerprint density at radius 3 is 2.39 bits per heavy atom. The molecule has 31 heavy (non-hydrogen) atoms. The van der Waals surface area contributed by atoms with E-state index in [0.717, 1.165) is 5.56 Å². The molecule has 0 radical (unpaired) electrons. The molecule has 0 unspecified atom stereocenters. The molecule has 2 aromatic rings. The van der Waals surface area contributed by atoms with Gasteiger partial charge in [0.15, 0.2) is 0 Å². The standard InChI is InChI=1S/C21H23N5O4S/c1-16(27)23-19-7-9-20(10-8-19)31(29,30)25-26-13-11-18(12-14-26)21(28)24-22-15-17-5-3-2-4-6-17/h2-11,15,25H,12-14H2,1H3,(H,23,27)(H,24,28)/b22-15+. The zero-order valence-electron chi connectivity index (χ0n) is 16.9. The SMILES string of the molecule is CC(=O)Nc1ccc(S(=O)(=O)NN2CC=C(C(=O)N/N=C/c3ccccc3)CC2)cc1. The van der Waals surface area contributed by atoms with Crippen molar-refractivity contribution in [3.63, 3.8) is 0 Å². The van der Waals surface area contributed by atoms with Crippen LogP contribution in [0.5, 0.6) is 0 Å². The molecular formula is C21H23N5O4S. The average Bonchev–Trinajstić information content (AvgIpc) is 2.74. The number of nitrogens with one attached hydrogen (secondary N) is 3. The highest BCUT2D eigenvalue weighted by Gasteiger charge is 2.22. The number of carbonyl (C=O) groups is 2. The van der Waals surface area contributed by atoms with Gasteiger partial charge in [0.2, 0.25) is 5.91 Å². The van der Waals surface area contributed by atoms with E-state index in [1.54, 1.807) is 12.3 Å². The molecule has 3 N–H and O–H groups in total. The van der Waals surface area contributed by atoms with Crippen LogP contribution in [-0.2, 0) is 19.6 Å². The fraction of sp³-hybridized carbons (Fsp3) is 0.190. The topological polar surface area (TPSA) is 120 Å². The highest BCUT2D eigenvalue weighted by atomic mass is 32.2. The smallest absolute Gasteiger partial charge is 0.267 e. The zero-order chi connectivity index (χ0) is 22.3. The van der Waals surface area contributed by atoms with Crippen molar-refractivity contribution in [2.75, 3.05) is 18.4 Å². The molecule has 162 valence electrons. The number of hydrogen-bond donors (Lipinski definition) is 3. The van der Waals surface area contributed by atoms with E-state index in [1.807, 2.05) is 30.3 Å². The van der Waals surface area contributed by atoms with Crippen LogP contribution in [0.25, 0.3) is 0 Å². The third kappa shape index (κ3) is 6.57. The van der Waals surface area contributed by atoms with Crippen LogP contribution in [0.1, 0.15) is 18.9 Å². The van der Waals surface area contributed by atoms with Crippen molar-refractivity contribution >= 4 is 33.7 Å². The van der Waals surface area contributed by atoms with Crippen molar-refractivity contribution < 1.29 is 18.0 Å². The van der Waals surface area contributed by atoms with Gasteiger partial charge in [-0.1, -0.05) is 36.4 Å². The number of rotatable bonds is 7. The summed E-state index contributed by atoms with van der Waals surface area (Å²) in [5.41, 5.74) is 4.40. The molecule has 0 bridgehead atoms. The number of hydrazine groups is 1. The molecule has 9 nitrogen and oxygen atoms in total. The predicted molar refractivity (Wildman–Crippen MR) is 118 cm³/mol. The van der Waals surface area contributed by atoms with Crippen molar-refractivity contribution in [2.45, 2.75) is 18.2 Å². The Kier molecular flexibility index (Phi) is 7.29. The van der Waals surface area contributed by atoms with E-state index >= 15 is 0 Å². The summed E-state index contributed by atoms with van der Waals surface area (Å²) >= 11 is 0. The minimum Gasteiger partial charge on any atom is -0.326 e. The van der Waals surface area contributed by atoms with E-state index in [2.05, 4.69) is 20.7 Å². The van der Waals surface area contributed by atoms with E-state index in [-0.39, 0.29) is 23.3 Å². The Morgan fingerprint density at radius 2 is 1.77 bits per heavy atom. The Bertz CT molecular complexity index is 1100. The number of benzene rings is 2. The van der Waals surface area contributed by atoms with Crippen molar-refractivity contribution in [3.8, 4) is 0 Å². The van der Waals surface area contributed by atoms with Gasteiger partial charge in [0.1, 0.15) is 0 Å². The second-order valence-corrected chi connectivity index (χ2v) is 8.50. The number of carbonyl (C=O) groups excluding carboxylic acids is 2. The fourth-order valence-electron chi connectivity index (χ4n) is 2.88. The molecule has 10 heteroatoms. The van der Waals surface area contributed by atoms with Crippen molar-refractivity contribution in [3.05, 3.63) is 71.8 Å². The van der Waals surface area contributed by atoms with E-state index in [9.17, 15) is 18.0 Å². The summed E-state index contributed by atoms with van der Waals surface area (Å²) in [4.78, 5) is 25.9. The lowest BCUT2D eigenvalue weighted by Crippen LogP contribution is -2.45. The molecule has 0 saturated heterocycles. The van der Waals surface area contributed by atoms with Crippen LogP contribution in [0, 0.1) is 0 Å². The quantitative estimate of drug-likeness (QED) is 0.446. The van der Waals surface area contributed by atoms with E-state index in [0.29, 0.717) is 24.2 Å². The lowest BCUT2D eigenvalue weighted by atomic mass is 10.1. The van der Waals surface area contributed by atoms with Crippen molar-refractivity contribution in [1.82, 2.24) is 15.3 Å². The Labute approximate surface area is 180 Å². The summed E-state index contributed by atoms with van der Waals surface area (Å²) in [6.45, 7) is 1.96. The van der Waals surface area contributed by atoms with Gasteiger partial charge in [-0.3, -0.25) is 9.59 Å². The molecule has 2 amide bonds. The summed E-state index contributed by atoms with van der Waals surface area (Å²) in [5.74, 6) is -0.553. The van der Waals surface area contributed by atoms with Crippen molar-refractivity contribution in [2.24, 2.45) is 5.10 Å². The normalized spacial score (nSPS) is 14.8. The largest absolute Gasteiger partial charge is 0.326 e. The second-order valence-electron chi connectivity index (χ2n) is 6.84. The molecule has 1 heterocycles. The number of sulfonamides is 1. The average molecular weight is 442 g/mol. The third-order valence-corrected chi connectivity index (χ3v) is 5.81. The molecule has 0 atom stereocenters. The first-order chi connectivity index (χ1) is 14.8. The number of hydrazone groups is 1. The van der Waals surface area contributed by atoms with Crippen molar-refractivity contribution in [1.29, 1.82) is 0 Å². The van der Waals surface area contributed by atoms with Gasteiger partial charge in [-0.2, -0.15) is 5.10 Å². The fourth-order valence-corrected chi connectivity index (χ4v) is 3.98. The van der Waals surface area contributed by atoms with Crippen LogP contribution >= 0.6 is 0 Å². The number of hydrogen-bond acceptors (Lipinski definition) is 6. The summed E-state index contributed by atoms with van der Waals surface area (Å²) in [6, 6.07) is 15.2. The molecule has 1 aliphatic heterocycles. The molecule has 1 aliphatic rings. The Hall–Kier alpha value is -3.34. The summed E-state index contributed by atoms with van der Waals surface area (Å²) in [7, 11) is -3.78. The molecule has 0 aromatic heterocycles. The van der Waals surface area contributed by atoms with Crippen LogP contribution in [-0.4, -0.2) is 44.5 Å². The number of nitrogens with zero attached hydrogens (tertiary/aromatic N) is 2. The van der Waals surface area contributed by atoms with E-state index in [1.165, 1.54) is 36.2 Å². The minimum atomic E-state index is -3.78. The van der Waals surface area contributed by atoms with Crippen LogP contribution in [0.15, 0.2) is 76.2 Å². The zero-order valence-corrected chi connectivity index (χ0v) is 17.7.